The van der Waals surface area contributed by atoms with Gasteiger partial charge in [0.1, 0.15) is 11.6 Å². The van der Waals surface area contributed by atoms with Crippen molar-refractivity contribution in [3.05, 3.63) is 72.6 Å². The lowest BCUT2D eigenvalue weighted by molar-refractivity contribution is -0.0905. The summed E-state index contributed by atoms with van der Waals surface area (Å²) in [5.74, 6) is 7.07. The molecule has 9 aliphatic rings. The van der Waals surface area contributed by atoms with E-state index in [1.54, 1.807) is 0 Å². The van der Waals surface area contributed by atoms with Crippen LogP contribution in [-0.2, 0) is 23.6 Å². The summed E-state index contributed by atoms with van der Waals surface area (Å²) >= 11 is 0. The van der Waals surface area contributed by atoms with Gasteiger partial charge in [0.2, 0.25) is 0 Å². The molecule has 0 spiro atoms. The Morgan fingerprint density at radius 3 is 1.23 bits per heavy atom. The number of carbonyl (C=O) groups is 1. The maximum atomic E-state index is 12.7. The first-order valence-electron chi connectivity index (χ1n) is 45.3. The molecule has 2 amide bonds. The number of piperazine rings is 1. The molecule has 13 rings (SSSR count). The molecule has 17 nitrogen and oxygen atoms in total. The van der Waals surface area contributed by atoms with Crippen LogP contribution < -0.4 is 0 Å². The van der Waals surface area contributed by atoms with Crippen LogP contribution in [0.15, 0.2) is 60.9 Å². The van der Waals surface area contributed by atoms with E-state index < -0.39 is 0 Å². The minimum atomic E-state index is 0.286. The van der Waals surface area contributed by atoms with Gasteiger partial charge in [0.15, 0.2) is 0 Å². The summed E-state index contributed by atoms with van der Waals surface area (Å²) < 4.78 is 16.5. The second kappa shape index (κ2) is 44.3. The Hall–Kier alpha value is -4.27. The number of hydrogen-bond acceptors (Lipinski definition) is 13. The smallest absolute Gasteiger partial charge is 0.320 e. The van der Waals surface area contributed by atoms with Gasteiger partial charge < -0.3 is 57.8 Å². The van der Waals surface area contributed by atoms with Crippen LogP contribution in [0.2, 0.25) is 0 Å². The van der Waals surface area contributed by atoms with Crippen LogP contribution in [0.1, 0.15) is 253 Å². The number of ether oxygens (including phenoxy) is 2. The normalized spacial score (nSPS) is 24.4. The Morgan fingerprint density at radius 2 is 0.829 bits per heavy atom. The maximum absolute atomic E-state index is 12.7. The number of nitrogens with zero attached hydrogens (tertiary/aromatic N) is 14. The number of fused-ring (bicyclic) bond motifs is 1. The van der Waals surface area contributed by atoms with E-state index in [1.165, 1.54) is 165 Å². The summed E-state index contributed by atoms with van der Waals surface area (Å²) in [6.07, 6.45) is 20.1. The summed E-state index contributed by atoms with van der Waals surface area (Å²) in [5.41, 5.74) is 7.10. The molecule has 7 saturated heterocycles. The number of aromatic nitrogens is 4. The van der Waals surface area contributed by atoms with Crippen LogP contribution in [0.25, 0.3) is 33.6 Å². The highest BCUT2D eigenvalue weighted by Crippen LogP contribution is 2.37. The molecule has 0 radical (unpaired) electrons. The van der Waals surface area contributed by atoms with Gasteiger partial charge in [-0.15, -0.1) is 0 Å². The molecule has 2 aromatic heterocycles. The Bertz CT molecular complexity index is 3130. The Labute approximate surface area is 680 Å². The molecule has 2 aromatic carbocycles. The Morgan fingerprint density at radius 1 is 0.432 bits per heavy atom. The summed E-state index contributed by atoms with van der Waals surface area (Å²) in [6.45, 7) is 72.0. The molecule has 9 heterocycles. The molecular weight excluding hydrogens is 1370 g/mol. The number of rotatable bonds is 22. The number of hydrogen-bond donors (Lipinski definition) is 0. The molecule has 0 bridgehead atoms. The number of likely N-dealkylation sites (tertiary alicyclic amines) is 6. The van der Waals surface area contributed by atoms with Gasteiger partial charge in [-0.3, -0.25) is 9.80 Å². The van der Waals surface area contributed by atoms with Gasteiger partial charge in [0, 0.05) is 178 Å². The van der Waals surface area contributed by atoms with Crippen molar-refractivity contribution in [1.29, 1.82) is 0 Å². The van der Waals surface area contributed by atoms with Crippen molar-refractivity contribution < 1.29 is 14.3 Å². The molecule has 2 saturated carbocycles. The van der Waals surface area contributed by atoms with Crippen molar-refractivity contribution in [2.45, 2.75) is 320 Å². The van der Waals surface area contributed by atoms with E-state index in [-0.39, 0.29) is 6.03 Å². The predicted molar refractivity (Wildman–Crippen MR) is 469 cm³/mol. The largest absolute Gasteiger partial charge is 0.378 e. The van der Waals surface area contributed by atoms with E-state index >= 15 is 0 Å². The zero-order valence-electron chi connectivity index (χ0n) is 75.8. The minimum absolute atomic E-state index is 0.286. The van der Waals surface area contributed by atoms with Crippen LogP contribution in [0.3, 0.4) is 0 Å². The minimum Gasteiger partial charge on any atom is -0.378 e. The lowest BCUT2D eigenvalue weighted by Crippen LogP contribution is -2.58. The third kappa shape index (κ3) is 26.4. The van der Waals surface area contributed by atoms with Gasteiger partial charge in [0.05, 0.1) is 48.7 Å². The van der Waals surface area contributed by atoms with Gasteiger partial charge >= 0.3 is 6.03 Å². The van der Waals surface area contributed by atoms with E-state index in [0.29, 0.717) is 78.2 Å². The maximum Gasteiger partial charge on any atom is 0.320 e. The SMILES string of the molecule is CC.CC(C)N1CCC(OCC2CCN(C(C)C)C2)CC1.CC(C)N1CCN(C(=O)N2CC3CN(C(C)C)CC3C2)CC1.CC(C)OC1CC(N(CC2CN(C(C)C)C2)C(C)C)C1.CC(C)c1ncc(-c2ccc(-c3ccc(-c4cnc(C(C)C)n4C)cc3)cc2)n1C.CC1CCC(N(C)C2CCN(C(C)C)CC2)CC1. The van der Waals surface area contributed by atoms with Gasteiger partial charge in [-0.05, 0) is 260 Å². The third-order valence-corrected chi connectivity index (χ3v) is 26.6. The molecule has 0 N–H and O–H groups in total. The van der Waals surface area contributed by atoms with Crippen molar-refractivity contribution in [1.82, 2.24) is 68.1 Å². The van der Waals surface area contributed by atoms with Crippen LogP contribution in [0.4, 0.5) is 4.79 Å². The second-order valence-electron chi connectivity index (χ2n) is 37.9. The fourth-order valence-electron chi connectivity index (χ4n) is 18.9. The molecule has 630 valence electrons. The van der Waals surface area contributed by atoms with E-state index in [0.717, 1.165) is 111 Å². The van der Waals surface area contributed by atoms with Crippen molar-refractivity contribution in [3.8, 4) is 33.6 Å². The third-order valence-electron chi connectivity index (χ3n) is 26.6. The van der Waals surface area contributed by atoms with Gasteiger partial charge in [0.25, 0.3) is 0 Å². The highest BCUT2D eigenvalue weighted by Gasteiger charge is 2.44. The predicted octanol–water partition coefficient (Wildman–Crippen LogP) is 17.8. The summed E-state index contributed by atoms with van der Waals surface area (Å²) in [4.78, 5) is 46.9. The monoisotopic (exact) mass is 1540 g/mol. The molecule has 2 aliphatic carbocycles. The molecule has 9 fully saturated rings. The fourth-order valence-corrected chi connectivity index (χ4v) is 18.9. The van der Waals surface area contributed by atoms with Crippen molar-refractivity contribution >= 4 is 6.03 Å². The van der Waals surface area contributed by atoms with Gasteiger partial charge in [-0.2, -0.15) is 0 Å². The molecule has 17 heteroatoms. The molecule has 111 heavy (non-hydrogen) atoms. The number of carbonyl (C=O) groups excluding carboxylic acids is 1. The first-order valence-corrected chi connectivity index (χ1v) is 45.3. The number of benzene rings is 2. The Kier molecular flexibility index (Phi) is 36.8. The van der Waals surface area contributed by atoms with Gasteiger partial charge in [-0.25, -0.2) is 14.8 Å². The summed E-state index contributed by atoms with van der Waals surface area (Å²) in [6, 6.07) is 24.9. The number of urea groups is 1. The summed E-state index contributed by atoms with van der Waals surface area (Å²) in [7, 11) is 6.57. The topological polar surface area (TPSA) is 104 Å². The zero-order valence-corrected chi connectivity index (χ0v) is 75.8. The average molecular weight is 1540 g/mol. The van der Waals surface area contributed by atoms with Crippen molar-refractivity contribution in [3.63, 3.8) is 0 Å². The number of amides is 2. The average Bonchev–Trinajstić information content (AvgIpc) is 1.67. The standard InChI is InChI=1S/C26H30N4.C17H32N4O.C17H34N2O.C16H32N2O.C16H32N2.C2H6/c1-17(2)25-27-15-23(29(25)5)21-11-7-19(8-12-21)20-9-13-22(14-10-20)24-16-28-26(18(3)4)30(24)6;1-13(2)18-5-7-19(8-6-18)17(22)21-11-15-9-20(14(3)4)10-16(15)12-21;1-12(2)18-9-15(10-18)11-19(13(3)4)16-7-17(8-16)20-14(5)6;1-13(2)17-9-6-16(7-10-17)19-12-15-5-8-18(11-15)14(3)4;1-13(2)18-11-9-16(10-12-18)17(4)15-7-5-14(3)6-8-15;1-2/h7-18H,1-6H3;13-16H,5-12H2,1-4H3;12-17H,7-11H2,1-6H3;13-16H,5-12H2,1-4H3;13-16H,5-12H2,1-4H3;1-2H3. The molecule has 7 aliphatic heterocycles. The molecular formula is C94H166N14O3. The first kappa shape index (κ1) is 92.2. The Balaban J connectivity index is 0.000000176. The van der Waals surface area contributed by atoms with E-state index in [1.807, 2.05) is 26.2 Å². The molecule has 4 aromatic rings. The fraction of sp³-hybridized carbons (Fsp3) is 0.798. The van der Waals surface area contributed by atoms with Crippen LogP contribution in [-0.4, -0.2) is 278 Å². The second-order valence-corrected chi connectivity index (χ2v) is 37.9. The van der Waals surface area contributed by atoms with Crippen molar-refractivity contribution in [2.75, 3.05) is 125 Å². The van der Waals surface area contributed by atoms with Crippen LogP contribution in [0, 0.1) is 29.6 Å². The highest BCUT2D eigenvalue weighted by atomic mass is 16.5. The summed E-state index contributed by atoms with van der Waals surface area (Å²) in [5, 5.41) is 0. The lowest BCUT2D eigenvalue weighted by Gasteiger charge is -2.50. The molecule has 3 atom stereocenters. The van der Waals surface area contributed by atoms with Gasteiger partial charge in [-0.1, -0.05) is 97.0 Å². The zero-order chi connectivity index (χ0) is 81.1. The quantitative estimate of drug-likeness (QED) is 0.0747. The van der Waals surface area contributed by atoms with E-state index in [9.17, 15) is 4.79 Å². The lowest BCUT2D eigenvalue weighted by atomic mass is 9.85. The van der Waals surface area contributed by atoms with Crippen LogP contribution >= 0.6 is 0 Å². The number of imidazole rings is 2. The first-order chi connectivity index (χ1) is 52.8. The van der Waals surface area contributed by atoms with E-state index in [4.69, 9.17) is 9.47 Å². The van der Waals surface area contributed by atoms with E-state index in [2.05, 4.69) is 283 Å². The van der Waals surface area contributed by atoms with Crippen molar-refractivity contribution in [2.24, 2.45) is 43.7 Å². The molecule has 3 unspecified atom stereocenters. The number of piperidine rings is 2. The van der Waals surface area contributed by atoms with Crippen LogP contribution in [0.5, 0.6) is 0 Å². The highest BCUT2D eigenvalue weighted by molar-refractivity contribution is 5.75.